The molecular weight excluding hydrogens is 466 g/mol. The monoisotopic (exact) mass is 491 g/mol. The summed E-state index contributed by atoms with van der Waals surface area (Å²) in [6.07, 6.45) is 3.44. The molecule has 1 atom stereocenters. The van der Waals surface area contributed by atoms with Crippen molar-refractivity contribution in [2.45, 2.75) is 24.8 Å². The highest BCUT2D eigenvalue weighted by atomic mass is 32.2. The van der Waals surface area contributed by atoms with Crippen LogP contribution in [0.1, 0.15) is 28.6 Å². The van der Waals surface area contributed by atoms with Crippen LogP contribution in [0, 0.1) is 24.0 Å². The molecule has 4 aromatic rings. The van der Waals surface area contributed by atoms with Gasteiger partial charge in [0.2, 0.25) is 0 Å². The van der Waals surface area contributed by atoms with Gasteiger partial charge in [-0.25, -0.2) is 13.4 Å². The number of sulfonamides is 1. The topological polar surface area (TPSA) is 119 Å². The maximum atomic E-state index is 13.0. The molecule has 0 saturated heterocycles. The Balaban J connectivity index is 1.71. The van der Waals surface area contributed by atoms with Crippen LogP contribution in [0.5, 0.6) is 0 Å². The van der Waals surface area contributed by atoms with Crippen LogP contribution in [0.2, 0.25) is 0 Å². The summed E-state index contributed by atoms with van der Waals surface area (Å²) in [5.74, 6) is 0.652. The third-order valence-electron chi connectivity index (χ3n) is 5.65. The average molecular weight is 492 g/mol. The van der Waals surface area contributed by atoms with Gasteiger partial charge in [-0.15, -0.1) is 0 Å². The molecule has 35 heavy (non-hydrogen) atoms. The van der Waals surface area contributed by atoms with Gasteiger partial charge in [0.05, 0.1) is 15.5 Å². The molecule has 4 rings (SSSR count). The van der Waals surface area contributed by atoms with Crippen LogP contribution in [0.25, 0.3) is 0 Å². The lowest BCUT2D eigenvalue weighted by atomic mass is 10.1. The highest BCUT2D eigenvalue weighted by Gasteiger charge is 2.26. The zero-order valence-electron chi connectivity index (χ0n) is 19.5. The summed E-state index contributed by atoms with van der Waals surface area (Å²) in [7, 11) is -2.21. The molecule has 0 bridgehead atoms. The van der Waals surface area contributed by atoms with E-state index < -0.39 is 21.0 Å². The molecule has 3 aromatic carbocycles. The summed E-state index contributed by atoms with van der Waals surface area (Å²) in [4.78, 5) is 15.6. The summed E-state index contributed by atoms with van der Waals surface area (Å²) in [6.45, 7) is 3.70. The highest BCUT2D eigenvalue weighted by molar-refractivity contribution is 7.92. The van der Waals surface area contributed by atoms with Gasteiger partial charge in [0, 0.05) is 25.5 Å². The predicted molar refractivity (Wildman–Crippen MR) is 135 cm³/mol. The van der Waals surface area contributed by atoms with E-state index in [1.165, 1.54) is 12.1 Å². The SMILES string of the molecule is Cc1ccc(NS(=O)(=O)c2ccc(NC(c3ccccc3)c3nccn3C)c([N+](=O)[O-])c2)c(C)c1. The first-order valence-corrected chi connectivity index (χ1v) is 12.3. The van der Waals surface area contributed by atoms with Gasteiger partial charge < -0.3 is 9.88 Å². The molecule has 0 aliphatic rings. The highest BCUT2D eigenvalue weighted by Crippen LogP contribution is 2.33. The summed E-state index contributed by atoms with van der Waals surface area (Å²) in [5, 5.41) is 15.1. The first-order chi connectivity index (χ1) is 16.7. The van der Waals surface area contributed by atoms with E-state index in [0.717, 1.165) is 22.8 Å². The Morgan fingerprint density at radius 1 is 1.00 bits per heavy atom. The molecule has 0 aliphatic carbocycles. The lowest BCUT2D eigenvalue weighted by Crippen LogP contribution is -2.18. The van der Waals surface area contributed by atoms with E-state index in [-0.39, 0.29) is 16.3 Å². The van der Waals surface area contributed by atoms with E-state index in [1.54, 1.807) is 31.5 Å². The van der Waals surface area contributed by atoms with Gasteiger partial charge in [-0.3, -0.25) is 14.8 Å². The molecule has 10 heteroatoms. The van der Waals surface area contributed by atoms with Gasteiger partial charge >= 0.3 is 0 Å². The van der Waals surface area contributed by atoms with E-state index in [9.17, 15) is 18.5 Å². The van der Waals surface area contributed by atoms with Gasteiger partial charge in [-0.2, -0.15) is 0 Å². The van der Waals surface area contributed by atoms with Gasteiger partial charge in [0.25, 0.3) is 15.7 Å². The smallest absolute Gasteiger partial charge is 0.293 e. The number of nitrogens with one attached hydrogen (secondary N) is 2. The van der Waals surface area contributed by atoms with Crippen molar-refractivity contribution in [3.8, 4) is 0 Å². The first kappa shape index (κ1) is 24.0. The van der Waals surface area contributed by atoms with Crippen molar-refractivity contribution in [2.75, 3.05) is 10.0 Å². The van der Waals surface area contributed by atoms with E-state index in [2.05, 4.69) is 15.0 Å². The third-order valence-corrected chi connectivity index (χ3v) is 7.01. The summed E-state index contributed by atoms with van der Waals surface area (Å²) in [6, 6.07) is 18.1. The Hall–Kier alpha value is -4.18. The molecule has 0 aliphatic heterocycles. The van der Waals surface area contributed by atoms with Gasteiger partial charge in [0.1, 0.15) is 17.6 Å². The van der Waals surface area contributed by atoms with Gasteiger partial charge in [0.15, 0.2) is 0 Å². The molecular formula is C25H25N5O4S. The standard InChI is InChI=1S/C25H25N5O4S/c1-17-9-11-21(18(2)15-17)28-35(33,34)20-10-12-22(23(16-20)30(31)32)27-24(19-7-5-4-6-8-19)25-26-13-14-29(25)3/h4-16,24,27-28H,1-3H3. The number of imidazole rings is 1. The molecule has 180 valence electrons. The van der Waals surface area contributed by atoms with Crippen LogP contribution < -0.4 is 10.0 Å². The number of nitrogens with zero attached hydrogens (tertiary/aromatic N) is 3. The summed E-state index contributed by atoms with van der Waals surface area (Å²) >= 11 is 0. The molecule has 1 aromatic heterocycles. The Labute approximate surface area is 203 Å². The molecule has 0 spiro atoms. The lowest BCUT2D eigenvalue weighted by molar-refractivity contribution is -0.384. The third kappa shape index (κ3) is 5.17. The minimum absolute atomic E-state index is 0.178. The molecule has 0 saturated carbocycles. The number of rotatable bonds is 8. The Morgan fingerprint density at radius 2 is 1.71 bits per heavy atom. The van der Waals surface area contributed by atoms with Crippen molar-refractivity contribution in [1.82, 2.24) is 9.55 Å². The number of nitro benzene ring substituents is 1. The van der Waals surface area contributed by atoms with E-state index >= 15 is 0 Å². The zero-order chi connectivity index (χ0) is 25.2. The molecule has 0 radical (unpaired) electrons. The fraction of sp³-hybridized carbons (Fsp3) is 0.160. The molecule has 0 amide bonds. The van der Waals surface area contributed by atoms with Crippen LogP contribution in [-0.4, -0.2) is 22.9 Å². The van der Waals surface area contributed by atoms with E-state index in [4.69, 9.17) is 0 Å². The van der Waals surface area contributed by atoms with Crippen LogP contribution in [0.15, 0.2) is 84.0 Å². The van der Waals surface area contributed by atoms with Crippen LogP contribution >= 0.6 is 0 Å². The lowest BCUT2D eigenvalue weighted by Gasteiger charge is -2.20. The number of nitro groups is 1. The second-order valence-corrected chi connectivity index (χ2v) is 9.93. The number of aromatic nitrogens is 2. The van der Waals surface area contributed by atoms with Crippen molar-refractivity contribution >= 4 is 27.1 Å². The molecule has 0 fully saturated rings. The number of aryl methyl sites for hydroxylation is 3. The quantitative estimate of drug-likeness (QED) is 0.266. The maximum absolute atomic E-state index is 13.0. The van der Waals surface area contributed by atoms with Crippen molar-refractivity contribution in [2.24, 2.45) is 7.05 Å². The second kappa shape index (κ2) is 9.59. The van der Waals surface area contributed by atoms with Crippen molar-refractivity contribution < 1.29 is 13.3 Å². The molecule has 2 N–H and O–H groups in total. The Morgan fingerprint density at radius 3 is 2.34 bits per heavy atom. The van der Waals surface area contributed by atoms with Crippen LogP contribution in [0.4, 0.5) is 17.1 Å². The average Bonchev–Trinajstić information content (AvgIpc) is 3.25. The van der Waals surface area contributed by atoms with Crippen molar-refractivity contribution in [3.63, 3.8) is 0 Å². The molecule has 1 unspecified atom stereocenters. The van der Waals surface area contributed by atoms with Gasteiger partial charge in [-0.1, -0.05) is 48.0 Å². The summed E-state index contributed by atoms with van der Waals surface area (Å²) < 4.78 is 30.4. The minimum Gasteiger partial charge on any atom is -0.366 e. The van der Waals surface area contributed by atoms with Crippen LogP contribution in [0.3, 0.4) is 0 Å². The normalized spacial score (nSPS) is 12.2. The van der Waals surface area contributed by atoms with Crippen LogP contribution in [-0.2, 0) is 17.1 Å². The minimum atomic E-state index is -4.05. The second-order valence-electron chi connectivity index (χ2n) is 8.24. The first-order valence-electron chi connectivity index (χ1n) is 10.8. The fourth-order valence-electron chi connectivity index (χ4n) is 3.84. The van der Waals surface area contributed by atoms with Crippen molar-refractivity contribution in [1.29, 1.82) is 0 Å². The Bertz CT molecular complexity index is 1480. The number of hydrogen-bond donors (Lipinski definition) is 2. The predicted octanol–water partition coefficient (Wildman–Crippen LogP) is 4.95. The largest absolute Gasteiger partial charge is 0.366 e. The number of hydrogen-bond acceptors (Lipinski definition) is 6. The van der Waals surface area contributed by atoms with E-state index in [1.807, 2.05) is 54.9 Å². The zero-order valence-corrected chi connectivity index (χ0v) is 20.3. The Kier molecular flexibility index (Phi) is 6.57. The van der Waals surface area contributed by atoms with Crippen molar-refractivity contribution in [3.05, 3.63) is 112 Å². The molecule has 1 heterocycles. The fourth-order valence-corrected chi connectivity index (χ4v) is 4.99. The maximum Gasteiger partial charge on any atom is 0.293 e. The number of benzene rings is 3. The number of anilines is 2. The molecule has 9 nitrogen and oxygen atoms in total. The summed E-state index contributed by atoms with van der Waals surface area (Å²) in [5.41, 5.74) is 2.84. The van der Waals surface area contributed by atoms with E-state index in [0.29, 0.717) is 11.5 Å². The van der Waals surface area contributed by atoms with Gasteiger partial charge in [-0.05, 0) is 43.2 Å².